The molecule has 3 fully saturated rings. The van der Waals surface area contributed by atoms with E-state index < -0.39 is 35.6 Å². The van der Waals surface area contributed by atoms with Gasteiger partial charge in [-0.3, -0.25) is 14.4 Å². The third-order valence-corrected chi connectivity index (χ3v) is 7.28. The average molecular weight is 412 g/mol. The number of carbonyl (C=O) groups is 3. The number of ether oxygens (including phenoxy) is 1. The maximum atomic E-state index is 13.7. The molecule has 1 aromatic heterocycles. The number of Topliss-reactive ketones (excluding diaryl/α,β-unsaturated/α-hetero) is 1. The van der Waals surface area contributed by atoms with Gasteiger partial charge in [0.25, 0.3) is 0 Å². The summed E-state index contributed by atoms with van der Waals surface area (Å²) in [6.07, 6.45) is 6.05. The minimum absolute atomic E-state index is 0.0887. The van der Waals surface area contributed by atoms with E-state index in [1.807, 2.05) is 19.1 Å². The molecule has 4 aliphatic heterocycles. The molecule has 2 bridgehead atoms. The lowest BCUT2D eigenvalue weighted by Gasteiger charge is -2.43. The van der Waals surface area contributed by atoms with Gasteiger partial charge in [0, 0.05) is 18.9 Å². The summed E-state index contributed by atoms with van der Waals surface area (Å²) < 4.78 is 11.9. The maximum absolute atomic E-state index is 13.7. The minimum Gasteiger partial charge on any atom is -0.467 e. The molecule has 4 aliphatic rings. The molecule has 160 valence electrons. The molecule has 5 rings (SSSR count). The molecule has 7 heteroatoms. The highest BCUT2D eigenvalue weighted by atomic mass is 16.5. The molecule has 1 spiro atoms. The van der Waals surface area contributed by atoms with Crippen molar-refractivity contribution in [1.82, 2.24) is 10.2 Å². The standard InChI is InChI=1S/C23H28N2O5/c1-12(2)7-9-24-21(27)18-17-6-8-23(30-17)19(18)22(28)25-14(16-5-4-10-29-16)11-15(26)13(3)20(23)25/h4-6,8,10,12-14,17-20H,7,9,11H2,1-3H3,(H,24,27)/t13-,14+,17-,18+,19-,20+,23+/m1/s1. The first-order valence-corrected chi connectivity index (χ1v) is 10.9. The first kappa shape index (κ1) is 19.5. The number of fused-ring (bicyclic) bond motifs is 2. The third kappa shape index (κ3) is 2.57. The third-order valence-electron chi connectivity index (χ3n) is 7.28. The lowest BCUT2D eigenvalue weighted by Crippen LogP contribution is -2.55. The van der Waals surface area contributed by atoms with Gasteiger partial charge in [0.2, 0.25) is 11.8 Å². The minimum atomic E-state index is -0.928. The van der Waals surface area contributed by atoms with Crippen molar-refractivity contribution in [3.05, 3.63) is 36.3 Å². The van der Waals surface area contributed by atoms with Crippen LogP contribution < -0.4 is 5.32 Å². The van der Waals surface area contributed by atoms with E-state index in [-0.39, 0.29) is 29.9 Å². The Kier molecular flexibility index (Phi) is 4.43. The Hall–Kier alpha value is -2.41. The van der Waals surface area contributed by atoms with Crippen LogP contribution in [0.1, 0.15) is 45.4 Å². The van der Waals surface area contributed by atoms with E-state index in [0.29, 0.717) is 18.2 Å². The van der Waals surface area contributed by atoms with Gasteiger partial charge in [-0.25, -0.2) is 0 Å². The molecule has 0 radical (unpaired) electrons. The zero-order chi connectivity index (χ0) is 21.2. The first-order valence-electron chi connectivity index (χ1n) is 10.9. The number of ketones is 1. The van der Waals surface area contributed by atoms with Crippen LogP contribution in [0.25, 0.3) is 0 Å². The van der Waals surface area contributed by atoms with Gasteiger partial charge in [-0.05, 0) is 24.5 Å². The van der Waals surface area contributed by atoms with Crippen LogP contribution in [0.4, 0.5) is 0 Å². The maximum Gasteiger partial charge on any atom is 0.230 e. The molecular formula is C23H28N2O5. The molecule has 0 saturated carbocycles. The average Bonchev–Trinajstić information content (AvgIpc) is 3.46. The van der Waals surface area contributed by atoms with E-state index in [1.54, 1.807) is 23.3 Å². The number of carbonyl (C=O) groups excluding carboxylic acids is 3. The van der Waals surface area contributed by atoms with Gasteiger partial charge in [0.05, 0.1) is 36.3 Å². The molecule has 7 atom stereocenters. The normalized spacial score (nSPS) is 39.0. The fourth-order valence-corrected chi connectivity index (χ4v) is 5.86. The summed E-state index contributed by atoms with van der Waals surface area (Å²) >= 11 is 0. The van der Waals surface area contributed by atoms with E-state index >= 15 is 0 Å². The second kappa shape index (κ2) is 6.80. The lowest BCUT2D eigenvalue weighted by molar-refractivity contribution is -0.148. The van der Waals surface area contributed by atoms with Gasteiger partial charge in [-0.2, -0.15) is 0 Å². The molecular weight excluding hydrogens is 384 g/mol. The summed E-state index contributed by atoms with van der Waals surface area (Å²) in [5, 5.41) is 3.00. The van der Waals surface area contributed by atoms with Crippen molar-refractivity contribution >= 4 is 17.6 Å². The van der Waals surface area contributed by atoms with E-state index in [2.05, 4.69) is 19.2 Å². The zero-order valence-corrected chi connectivity index (χ0v) is 17.5. The van der Waals surface area contributed by atoms with Crippen LogP contribution in [-0.4, -0.2) is 46.8 Å². The molecule has 3 saturated heterocycles. The Labute approximate surface area is 175 Å². The van der Waals surface area contributed by atoms with Crippen LogP contribution >= 0.6 is 0 Å². The number of hydrogen-bond acceptors (Lipinski definition) is 5. The van der Waals surface area contributed by atoms with Gasteiger partial charge in [-0.1, -0.05) is 32.9 Å². The Morgan fingerprint density at radius 1 is 1.37 bits per heavy atom. The van der Waals surface area contributed by atoms with Gasteiger partial charge in [0.15, 0.2) is 0 Å². The molecule has 2 amide bonds. The van der Waals surface area contributed by atoms with Crippen LogP contribution in [0, 0.1) is 23.7 Å². The van der Waals surface area contributed by atoms with Crippen molar-refractivity contribution in [2.75, 3.05) is 6.54 Å². The number of nitrogens with one attached hydrogen (secondary N) is 1. The van der Waals surface area contributed by atoms with Crippen LogP contribution in [0.5, 0.6) is 0 Å². The molecule has 5 heterocycles. The number of piperidine rings is 1. The van der Waals surface area contributed by atoms with E-state index in [9.17, 15) is 14.4 Å². The number of rotatable bonds is 5. The second-order valence-corrected chi connectivity index (χ2v) is 9.45. The highest BCUT2D eigenvalue weighted by molar-refractivity contribution is 5.96. The molecule has 30 heavy (non-hydrogen) atoms. The molecule has 0 aromatic carbocycles. The van der Waals surface area contributed by atoms with Crippen molar-refractivity contribution in [2.45, 2.75) is 57.4 Å². The van der Waals surface area contributed by atoms with Gasteiger partial charge in [-0.15, -0.1) is 0 Å². The van der Waals surface area contributed by atoms with Crippen molar-refractivity contribution in [3.63, 3.8) is 0 Å². The smallest absolute Gasteiger partial charge is 0.230 e. The number of furan rings is 1. The Bertz CT molecular complexity index is 907. The monoisotopic (exact) mass is 412 g/mol. The zero-order valence-electron chi connectivity index (χ0n) is 17.5. The molecule has 7 nitrogen and oxygen atoms in total. The van der Waals surface area contributed by atoms with Gasteiger partial charge < -0.3 is 19.4 Å². The molecule has 1 aromatic rings. The predicted octanol–water partition coefficient (Wildman–Crippen LogP) is 2.24. The molecule has 0 aliphatic carbocycles. The fourth-order valence-electron chi connectivity index (χ4n) is 5.86. The summed E-state index contributed by atoms with van der Waals surface area (Å²) in [7, 11) is 0. The lowest BCUT2D eigenvalue weighted by atomic mass is 9.70. The Balaban J connectivity index is 1.49. The van der Waals surface area contributed by atoms with Crippen molar-refractivity contribution < 1.29 is 23.5 Å². The summed E-state index contributed by atoms with van der Waals surface area (Å²) in [5.74, 6) is -0.628. The molecule has 1 N–H and O–H groups in total. The number of amides is 2. The van der Waals surface area contributed by atoms with E-state index in [4.69, 9.17) is 9.15 Å². The quantitative estimate of drug-likeness (QED) is 0.750. The van der Waals surface area contributed by atoms with E-state index in [0.717, 1.165) is 6.42 Å². The topological polar surface area (TPSA) is 88.8 Å². The van der Waals surface area contributed by atoms with E-state index in [1.165, 1.54) is 0 Å². The van der Waals surface area contributed by atoms with Crippen LogP contribution in [0.2, 0.25) is 0 Å². The summed E-state index contributed by atoms with van der Waals surface area (Å²) in [6.45, 7) is 6.66. The second-order valence-electron chi connectivity index (χ2n) is 9.45. The number of nitrogens with zero attached hydrogens (tertiary/aromatic N) is 1. The fraction of sp³-hybridized carbons (Fsp3) is 0.609. The highest BCUT2D eigenvalue weighted by Crippen LogP contribution is 2.59. The highest BCUT2D eigenvalue weighted by Gasteiger charge is 2.74. The SMILES string of the molecule is CC(C)CCNC(=O)[C@H]1[C@H]2C=C[C@@]3(O2)[C@@H]2[C@H](C)C(=O)C[C@@H](c4ccco4)N2C(=O)[C@@H]13. The van der Waals surface area contributed by atoms with Gasteiger partial charge in [0.1, 0.15) is 17.1 Å². The van der Waals surface area contributed by atoms with Crippen molar-refractivity contribution in [2.24, 2.45) is 23.7 Å². The largest absolute Gasteiger partial charge is 0.467 e. The van der Waals surface area contributed by atoms with Gasteiger partial charge >= 0.3 is 0 Å². The number of hydrogen-bond donors (Lipinski definition) is 1. The first-order chi connectivity index (χ1) is 14.3. The van der Waals surface area contributed by atoms with Crippen molar-refractivity contribution in [1.29, 1.82) is 0 Å². The Morgan fingerprint density at radius 2 is 2.17 bits per heavy atom. The van der Waals surface area contributed by atoms with Crippen LogP contribution in [-0.2, 0) is 19.1 Å². The summed E-state index contributed by atoms with van der Waals surface area (Å²) in [6, 6.07) is 2.68. The Morgan fingerprint density at radius 3 is 2.87 bits per heavy atom. The summed E-state index contributed by atoms with van der Waals surface area (Å²) in [4.78, 5) is 41.5. The van der Waals surface area contributed by atoms with Crippen LogP contribution in [0.15, 0.2) is 35.0 Å². The molecule has 0 unspecified atom stereocenters. The predicted molar refractivity (Wildman–Crippen MR) is 107 cm³/mol. The van der Waals surface area contributed by atoms with Crippen LogP contribution in [0.3, 0.4) is 0 Å². The summed E-state index contributed by atoms with van der Waals surface area (Å²) in [5.41, 5.74) is -0.928. The van der Waals surface area contributed by atoms with Crippen molar-refractivity contribution in [3.8, 4) is 0 Å².